The highest BCUT2D eigenvalue weighted by Gasteiger charge is 2.10. The quantitative estimate of drug-likeness (QED) is 0.544. The molecule has 0 bridgehead atoms. The van der Waals surface area contributed by atoms with Gasteiger partial charge in [0.25, 0.3) is 0 Å². The first-order valence-corrected chi connectivity index (χ1v) is 9.66. The summed E-state index contributed by atoms with van der Waals surface area (Å²) in [6, 6.07) is 14.2. The molecule has 3 aromatic rings. The van der Waals surface area contributed by atoms with Crippen LogP contribution in [0.15, 0.2) is 48.7 Å². The topological polar surface area (TPSA) is 20.2 Å². The van der Waals surface area contributed by atoms with Crippen LogP contribution in [0.3, 0.4) is 0 Å². The number of hydrogen-bond acceptors (Lipinski definition) is 2. The van der Waals surface area contributed by atoms with Crippen LogP contribution in [0.1, 0.15) is 17.5 Å². The number of hydrogen-bond donors (Lipinski definition) is 1. The Hall–Kier alpha value is -1.52. The molecule has 2 aromatic carbocycles. The molecule has 0 aliphatic carbocycles. The lowest BCUT2D eigenvalue weighted by atomic mass is 10.2. The maximum Gasteiger partial charge on any atom is 0.0491 e. The second kappa shape index (κ2) is 8.92. The Morgan fingerprint density at radius 2 is 1.85 bits per heavy atom. The van der Waals surface area contributed by atoms with Crippen molar-refractivity contribution in [1.82, 2.24) is 14.8 Å². The van der Waals surface area contributed by atoms with E-state index in [4.69, 9.17) is 23.2 Å². The second-order valence-electron chi connectivity index (χ2n) is 6.87. The van der Waals surface area contributed by atoms with Crippen molar-refractivity contribution in [3.8, 4) is 0 Å². The van der Waals surface area contributed by atoms with Gasteiger partial charge in [0.1, 0.15) is 0 Å². The molecular weight excluding hydrogens is 365 g/mol. The molecule has 26 heavy (non-hydrogen) atoms. The highest BCUT2D eigenvalue weighted by atomic mass is 35.5. The van der Waals surface area contributed by atoms with Gasteiger partial charge in [-0.3, -0.25) is 0 Å². The Bertz CT molecular complexity index is 871. The van der Waals surface area contributed by atoms with Crippen LogP contribution < -0.4 is 5.32 Å². The van der Waals surface area contributed by atoms with Crippen LogP contribution in [0.25, 0.3) is 10.9 Å². The highest BCUT2D eigenvalue weighted by molar-refractivity contribution is 6.35. The fourth-order valence-electron chi connectivity index (χ4n) is 3.17. The van der Waals surface area contributed by atoms with E-state index in [-0.39, 0.29) is 0 Å². The van der Waals surface area contributed by atoms with Crippen LogP contribution in [-0.4, -0.2) is 36.7 Å². The average molecular weight is 390 g/mol. The van der Waals surface area contributed by atoms with Crippen LogP contribution in [0, 0.1) is 0 Å². The van der Waals surface area contributed by atoms with Crippen LogP contribution in [0.2, 0.25) is 10.0 Å². The second-order valence-corrected chi connectivity index (χ2v) is 7.71. The molecule has 138 valence electrons. The van der Waals surface area contributed by atoms with Gasteiger partial charge in [-0.1, -0.05) is 47.5 Å². The van der Waals surface area contributed by atoms with Gasteiger partial charge < -0.3 is 14.8 Å². The fourth-order valence-corrected chi connectivity index (χ4v) is 3.64. The van der Waals surface area contributed by atoms with E-state index in [2.05, 4.69) is 59.3 Å². The molecule has 0 atom stereocenters. The van der Waals surface area contributed by atoms with Crippen molar-refractivity contribution in [2.24, 2.45) is 0 Å². The van der Waals surface area contributed by atoms with E-state index in [1.807, 2.05) is 12.1 Å². The van der Waals surface area contributed by atoms with Crippen LogP contribution in [-0.2, 0) is 13.1 Å². The van der Waals surface area contributed by atoms with E-state index in [9.17, 15) is 0 Å². The average Bonchev–Trinajstić information content (AvgIpc) is 2.95. The van der Waals surface area contributed by atoms with Gasteiger partial charge in [-0.2, -0.15) is 0 Å². The number of halogens is 2. The van der Waals surface area contributed by atoms with E-state index in [1.165, 1.54) is 16.5 Å². The van der Waals surface area contributed by atoms with Crippen LogP contribution in [0.4, 0.5) is 0 Å². The molecule has 0 spiro atoms. The van der Waals surface area contributed by atoms with Crippen molar-refractivity contribution in [2.75, 3.05) is 27.2 Å². The first-order chi connectivity index (χ1) is 12.5. The summed E-state index contributed by atoms with van der Waals surface area (Å²) in [5.41, 5.74) is 3.61. The van der Waals surface area contributed by atoms with Crippen LogP contribution >= 0.6 is 23.2 Å². The largest absolute Gasteiger partial charge is 0.343 e. The molecule has 0 aliphatic heterocycles. The SMILES string of the molecule is CN(C)CCCNCc1cn(Cc2ccc(Cl)cc2Cl)c2ccccc12. The summed E-state index contributed by atoms with van der Waals surface area (Å²) in [7, 11) is 4.21. The van der Waals surface area contributed by atoms with Crippen molar-refractivity contribution < 1.29 is 0 Å². The van der Waals surface area contributed by atoms with Gasteiger partial charge in [0.05, 0.1) is 0 Å². The zero-order valence-electron chi connectivity index (χ0n) is 15.3. The Morgan fingerprint density at radius 1 is 1.04 bits per heavy atom. The van der Waals surface area contributed by atoms with Crippen LogP contribution in [0.5, 0.6) is 0 Å². The number of nitrogens with one attached hydrogen (secondary N) is 1. The maximum absolute atomic E-state index is 6.37. The smallest absolute Gasteiger partial charge is 0.0491 e. The molecule has 1 aromatic heterocycles. The summed E-state index contributed by atoms with van der Waals surface area (Å²) < 4.78 is 2.27. The molecule has 1 N–H and O–H groups in total. The Labute approximate surface area is 165 Å². The van der Waals surface area contributed by atoms with E-state index < -0.39 is 0 Å². The zero-order chi connectivity index (χ0) is 18.5. The predicted molar refractivity (Wildman–Crippen MR) is 112 cm³/mol. The Kier molecular flexibility index (Phi) is 6.60. The highest BCUT2D eigenvalue weighted by Crippen LogP contribution is 2.26. The Morgan fingerprint density at radius 3 is 2.62 bits per heavy atom. The lowest BCUT2D eigenvalue weighted by molar-refractivity contribution is 0.394. The number of fused-ring (bicyclic) bond motifs is 1. The van der Waals surface area contributed by atoms with Crippen molar-refractivity contribution >= 4 is 34.1 Å². The van der Waals surface area contributed by atoms with Gasteiger partial charge in [0.15, 0.2) is 0 Å². The third kappa shape index (κ3) is 4.80. The molecular formula is C21H25Cl2N3. The van der Waals surface area contributed by atoms with Crippen molar-refractivity contribution in [2.45, 2.75) is 19.5 Å². The molecule has 5 heteroatoms. The minimum Gasteiger partial charge on any atom is -0.343 e. The summed E-state index contributed by atoms with van der Waals surface area (Å²) in [5, 5.41) is 6.22. The summed E-state index contributed by atoms with van der Waals surface area (Å²) >= 11 is 12.4. The van der Waals surface area contributed by atoms with Gasteiger partial charge in [-0.15, -0.1) is 0 Å². The molecule has 0 unspecified atom stereocenters. The monoisotopic (exact) mass is 389 g/mol. The van der Waals surface area contributed by atoms with E-state index in [0.29, 0.717) is 10.0 Å². The van der Waals surface area contributed by atoms with Gasteiger partial charge >= 0.3 is 0 Å². The maximum atomic E-state index is 6.37. The summed E-state index contributed by atoms with van der Waals surface area (Å²) in [6.07, 6.45) is 3.38. The number of rotatable bonds is 8. The number of nitrogens with zero attached hydrogens (tertiary/aromatic N) is 2. The molecule has 0 aliphatic rings. The van der Waals surface area contributed by atoms with Gasteiger partial charge in [0.2, 0.25) is 0 Å². The number of para-hydroxylation sites is 1. The standard InChI is InChI=1S/C21H25Cl2N3/c1-25(2)11-5-10-24-13-17-15-26(21-7-4-3-6-19(17)21)14-16-8-9-18(22)12-20(16)23/h3-4,6-9,12,15,24H,5,10-11,13-14H2,1-2H3. The lowest BCUT2D eigenvalue weighted by Crippen LogP contribution is -2.20. The molecule has 3 rings (SSSR count). The zero-order valence-corrected chi connectivity index (χ0v) is 16.8. The van der Waals surface area contributed by atoms with E-state index in [0.717, 1.165) is 38.2 Å². The minimum absolute atomic E-state index is 0.665. The minimum atomic E-state index is 0.665. The molecule has 0 amide bonds. The van der Waals surface area contributed by atoms with Crippen molar-refractivity contribution in [3.05, 3.63) is 69.8 Å². The fraction of sp³-hybridized carbons (Fsp3) is 0.333. The lowest BCUT2D eigenvalue weighted by Gasteiger charge is -2.09. The predicted octanol–water partition coefficient (Wildman–Crippen LogP) is 5.04. The first kappa shape index (κ1) is 19.2. The molecule has 3 nitrogen and oxygen atoms in total. The summed E-state index contributed by atoms with van der Waals surface area (Å²) in [6.45, 7) is 3.72. The summed E-state index contributed by atoms with van der Waals surface area (Å²) in [5.74, 6) is 0. The third-order valence-electron chi connectivity index (χ3n) is 4.50. The molecule has 1 heterocycles. The normalized spacial score (nSPS) is 11.6. The van der Waals surface area contributed by atoms with Crippen molar-refractivity contribution in [3.63, 3.8) is 0 Å². The van der Waals surface area contributed by atoms with E-state index in [1.54, 1.807) is 6.07 Å². The van der Waals surface area contributed by atoms with Crippen molar-refractivity contribution in [1.29, 1.82) is 0 Å². The third-order valence-corrected chi connectivity index (χ3v) is 5.09. The summed E-state index contributed by atoms with van der Waals surface area (Å²) in [4.78, 5) is 2.21. The molecule has 0 saturated heterocycles. The van der Waals surface area contributed by atoms with E-state index >= 15 is 0 Å². The molecule has 0 fully saturated rings. The molecule has 0 saturated carbocycles. The van der Waals surface area contributed by atoms with Gasteiger partial charge in [-0.05, 0) is 62.9 Å². The number of aromatic nitrogens is 1. The Balaban J connectivity index is 1.76. The molecule has 0 radical (unpaired) electrons. The van der Waals surface area contributed by atoms with Gasteiger partial charge in [-0.25, -0.2) is 0 Å². The number of benzene rings is 2. The first-order valence-electron chi connectivity index (χ1n) is 8.90. The van der Waals surface area contributed by atoms with Gasteiger partial charge in [0, 0.05) is 40.2 Å².